The van der Waals surface area contributed by atoms with Crippen LogP contribution in [0.15, 0.2) is 152 Å². The van der Waals surface area contributed by atoms with Crippen molar-refractivity contribution in [2.45, 2.75) is 147 Å². The van der Waals surface area contributed by atoms with Crippen molar-refractivity contribution in [1.82, 2.24) is 0 Å². The molecule has 4 fully saturated rings. The number of epoxide rings is 2. The number of hydrogen-bond donors (Lipinski definition) is 0. The van der Waals surface area contributed by atoms with Gasteiger partial charge >= 0.3 is 0 Å². The van der Waals surface area contributed by atoms with Gasteiger partial charge in [0.1, 0.15) is 36.9 Å². The minimum absolute atomic E-state index is 0.0371. The number of benzene rings is 7. The molecule has 0 amide bonds. The zero-order valence-corrected chi connectivity index (χ0v) is 45.5. The predicted molar refractivity (Wildman–Crippen MR) is 309 cm³/mol. The van der Waals surface area contributed by atoms with E-state index in [0.717, 1.165) is 55.3 Å². The Bertz CT molecular complexity index is 3100. The van der Waals surface area contributed by atoms with Gasteiger partial charge in [0.15, 0.2) is 0 Å². The van der Waals surface area contributed by atoms with Gasteiger partial charge in [-0.25, -0.2) is 0 Å². The Morgan fingerprint density at radius 2 is 1.00 bits per heavy atom. The molecule has 4 heteroatoms. The highest BCUT2D eigenvalue weighted by Gasteiger charge is 2.45. The third-order valence-electron chi connectivity index (χ3n) is 19.8. The topological polar surface area (TPSA) is 43.5 Å². The quantitative estimate of drug-likeness (QED) is 0.121. The van der Waals surface area contributed by atoms with Crippen LogP contribution in [0.3, 0.4) is 0 Å². The summed E-state index contributed by atoms with van der Waals surface area (Å²) >= 11 is 0. The molecule has 2 saturated carbocycles. The minimum atomic E-state index is 0.0371. The second-order valence-electron chi connectivity index (χ2n) is 24.6. The van der Waals surface area contributed by atoms with E-state index < -0.39 is 0 Å². The molecule has 6 aliphatic carbocycles. The summed E-state index contributed by atoms with van der Waals surface area (Å²) in [5.41, 5.74) is 22.9. The number of hydrogen-bond acceptors (Lipinski definition) is 4. The Kier molecular flexibility index (Phi) is 13.8. The van der Waals surface area contributed by atoms with Crippen LogP contribution in [0.2, 0.25) is 0 Å². The van der Waals surface area contributed by atoms with Crippen molar-refractivity contribution in [2.75, 3.05) is 26.4 Å². The van der Waals surface area contributed by atoms with E-state index in [1.165, 1.54) is 150 Å². The minimum Gasteiger partial charge on any atom is -0.491 e. The SMILES string of the molecule is CC(C)(C1CCCCC1)C1CCC(c2ccc(OCC3CO3)cc2)(c2ccc(OCC3CO3)cc2)CC1.CC1CCc2cc3c(cc21)-c1ccccc1C3.c1ccc2c(c1)Cc1cc(C3CCc4ccccc43)ccc1-2. The lowest BCUT2D eigenvalue weighted by Crippen LogP contribution is -2.40. The Balaban J connectivity index is 0.000000119. The van der Waals surface area contributed by atoms with Crippen LogP contribution in [0.25, 0.3) is 22.3 Å². The fraction of sp³-hybridized carbons (Fsp3) is 0.417. The average molecular weight is 1010 g/mol. The highest BCUT2D eigenvalue weighted by Crippen LogP contribution is 2.55. The Morgan fingerprint density at radius 3 is 1.62 bits per heavy atom. The van der Waals surface area contributed by atoms with E-state index >= 15 is 0 Å². The first-order valence-electron chi connectivity index (χ1n) is 29.5. The molecule has 4 nitrogen and oxygen atoms in total. The molecule has 8 aliphatic rings. The molecule has 4 atom stereocenters. The van der Waals surface area contributed by atoms with Gasteiger partial charge in [0.05, 0.1) is 13.2 Å². The molecule has 390 valence electrons. The molecule has 15 rings (SSSR count). The number of ether oxygens (including phenoxy) is 4. The van der Waals surface area contributed by atoms with Crippen LogP contribution in [0.4, 0.5) is 0 Å². The first-order valence-corrected chi connectivity index (χ1v) is 29.5. The third-order valence-corrected chi connectivity index (χ3v) is 19.8. The maximum absolute atomic E-state index is 5.96. The van der Waals surface area contributed by atoms with Gasteiger partial charge < -0.3 is 18.9 Å². The molecule has 4 unspecified atom stereocenters. The molecule has 0 radical (unpaired) electrons. The molecule has 0 aromatic heterocycles. The van der Waals surface area contributed by atoms with Crippen LogP contribution in [-0.4, -0.2) is 38.6 Å². The lowest BCUT2D eigenvalue weighted by atomic mass is 9.55. The summed E-state index contributed by atoms with van der Waals surface area (Å²) in [6.45, 7) is 10.5. The molecule has 2 saturated heterocycles. The summed E-state index contributed by atoms with van der Waals surface area (Å²) < 4.78 is 22.5. The van der Waals surface area contributed by atoms with Crippen LogP contribution < -0.4 is 9.47 Å². The standard InChI is InChI=1S/C33H44O4.C22H18.C17H16/c1-32(2,24-6-4-3-5-7-24)25-16-18-33(19-17-25,26-8-12-28(13-9-26)34-20-30-22-36-30)27-10-14-29(15-11-27)35-21-31-23-37-31;1-3-7-19-15(5-1)9-11-21(19)17-10-12-22-18(14-17)13-16-6-2-4-8-20(16)22;1-11-6-7-13-9-14-8-12-4-2-3-5-15(12)17(14)10-16(11)13/h8-15,24-25,30-31H,3-7,16-23H2,1-2H3;1-8,10,12,14,21H,9,11,13H2;2-5,9-11H,6-8H2,1H3. The molecule has 76 heavy (non-hydrogen) atoms. The lowest BCUT2D eigenvalue weighted by Gasteiger charge is -2.49. The van der Waals surface area contributed by atoms with Gasteiger partial charge in [0.2, 0.25) is 0 Å². The van der Waals surface area contributed by atoms with Gasteiger partial charge in [-0.15, -0.1) is 0 Å². The summed E-state index contributed by atoms with van der Waals surface area (Å²) in [5.74, 6) is 4.90. The van der Waals surface area contributed by atoms with Crippen molar-refractivity contribution in [2.24, 2.45) is 17.3 Å². The van der Waals surface area contributed by atoms with Crippen molar-refractivity contribution in [3.05, 3.63) is 213 Å². The zero-order valence-electron chi connectivity index (χ0n) is 45.5. The first-order chi connectivity index (χ1) is 37.3. The summed E-state index contributed by atoms with van der Waals surface area (Å²) in [5, 5.41) is 0. The Labute approximate surface area is 453 Å². The largest absolute Gasteiger partial charge is 0.491 e. The van der Waals surface area contributed by atoms with E-state index in [9.17, 15) is 0 Å². The highest BCUT2D eigenvalue weighted by atomic mass is 16.6. The molecule has 0 spiro atoms. The van der Waals surface area contributed by atoms with E-state index in [-0.39, 0.29) is 17.6 Å². The normalized spacial score (nSPS) is 24.3. The molecule has 0 bridgehead atoms. The van der Waals surface area contributed by atoms with Gasteiger partial charge in [-0.05, 0) is 208 Å². The smallest absolute Gasteiger partial charge is 0.119 e. The molecule has 7 aromatic rings. The maximum atomic E-state index is 5.96. The van der Waals surface area contributed by atoms with E-state index in [2.05, 4.69) is 172 Å². The predicted octanol–water partition coefficient (Wildman–Crippen LogP) is 17.0. The maximum Gasteiger partial charge on any atom is 0.119 e. The summed E-state index contributed by atoms with van der Waals surface area (Å²) in [4.78, 5) is 0. The molecular weight excluding hydrogens is 929 g/mol. The van der Waals surface area contributed by atoms with Crippen molar-refractivity contribution in [3.63, 3.8) is 0 Å². The van der Waals surface area contributed by atoms with E-state index in [4.69, 9.17) is 18.9 Å². The highest BCUT2D eigenvalue weighted by molar-refractivity contribution is 5.79. The van der Waals surface area contributed by atoms with E-state index in [0.29, 0.717) is 24.5 Å². The summed E-state index contributed by atoms with van der Waals surface area (Å²) in [7, 11) is 0. The Morgan fingerprint density at radius 1 is 0.474 bits per heavy atom. The second kappa shape index (κ2) is 21.1. The van der Waals surface area contributed by atoms with Crippen LogP contribution >= 0.6 is 0 Å². The van der Waals surface area contributed by atoms with Crippen LogP contribution in [0.5, 0.6) is 11.5 Å². The first kappa shape index (κ1) is 49.6. The van der Waals surface area contributed by atoms with E-state index in [1.807, 2.05) is 0 Å². The van der Waals surface area contributed by atoms with Gasteiger partial charge in [-0.1, -0.05) is 167 Å². The fourth-order valence-electron chi connectivity index (χ4n) is 15.0. The monoisotopic (exact) mass is 1010 g/mol. The lowest BCUT2D eigenvalue weighted by molar-refractivity contribution is 0.0467. The van der Waals surface area contributed by atoms with Crippen molar-refractivity contribution < 1.29 is 18.9 Å². The van der Waals surface area contributed by atoms with Crippen molar-refractivity contribution in [3.8, 4) is 33.8 Å². The van der Waals surface area contributed by atoms with Crippen LogP contribution in [0, 0.1) is 17.3 Å². The molecule has 2 aliphatic heterocycles. The Hall–Kier alpha value is -5.94. The van der Waals surface area contributed by atoms with Gasteiger partial charge in [-0.3, -0.25) is 0 Å². The van der Waals surface area contributed by atoms with Crippen LogP contribution in [0.1, 0.15) is 164 Å². The zero-order chi connectivity index (χ0) is 51.2. The number of fused-ring (bicyclic) bond motifs is 8. The summed E-state index contributed by atoms with van der Waals surface area (Å²) in [6.07, 6.45) is 20.0. The van der Waals surface area contributed by atoms with Crippen LogP contribution in [-0.2, 0) is 40.6 Å². The average Bonchev–Trinajstić information content (AvgIpc) is 4.34. The van der Waals surface area contributed by atoms with Gasteiger partial charge in [-0.2, -0.15) is 0 Å². The van der Waals surface area contributed by atoms with Gasteiger partial charge in [0.25, 0.3) is 0 Å². The summed E-state index contributed by atoms with van der Waals surface area (Å²) in [6, 6.07) is 56.6. The van der Waals surface area contributed by atoms with Crippen molar-refractivity contribution >= 4 is 0 Å². The second-order valence-corrected chi connectivity index (χ2v) is 24.6. The van der Waals surface area contributed by atoms with E-state index in [1.54, 1.807) is 16.7 Å². The molecule has 7 aromatic carbocycles. The van der Waals surface area contributed by atoms with Gasteiger partial charge in [0, 0.05) is 11.3 Å². The fourth-order valence-corrected chi connectivity index (χ4v) is 15.0. The van der Waals surface area contributed by atoms with Crippen molar-refractivity contribution in [1.29, 1.82) is 0 Å². The number of rotatable bonds is 11. The molecule has 0 N–H and O–H groups in total. The number of aryl methyl sites for hydroxylation is 2. The third kappa shape index (κ3) is 10.1. The molecular formula is C72H78O4. The molecule has 2 heterocycles.